The molecule has 0 bridgehead atoms. The van der Waals surface area contributed by atoms with Crippen LogP contribution in [-0.2, 0) is 0 Å². The van der Waals surface area contributed by atoms with Crippen LogP contribution >= 0.6 is 0 Å². The van der Waals surface area contributed by atoms with E-state index in [1.54, 1.807) is 0 Å². The van der Waals surface area contributed by atoms with Crippen LogP contribution < -0.4 is 5.32 Å². The number of hydrogen-bond acceptors (Lipinski definition) is 2. The molecule has 0 amide bonds. The van der Waals surface area contributed by atoms with Gasteiger partial charge in [-0.1, -0.05) is 39.0 Å². The Balaban J connectivity index is 2.34. The smallest absolute Gasteiger partial charge is 0.134 e. The molecule has 0 aliphatic rings. The molecule has 1 atom stereocenters. The van der Waals surface area contributed by atoms with Gasteiger partial charge in [0, 0.05) is 17.0 Å². The number of fused-ring (bicyclic) bond motifs is 1. The van der Waals surface area contributed by atoms with E-state index < -0.39 is 0 Å². The molecule has 0 aliphatic heterocycles. The lowest BCUT2D eigenvalue weighted by molar-refractivity contribution is 0.436. The molecule has 1 unspecified atom stereocenters. The SMILES string of the molecule is CCNC(CC(C)C)c1coc2ccccc12. The summed E-state index contributed by atoms with van der Waals surface area (Å²) in [5, 5.41) is 4.78. The lowest BCUT2D eigenvalue weighted by atomic mass is 9.96. The zero-order chi connectivity index (χ0) is 12.3. The minimum Gasteiger partial charge on any atom is -0.464 e. The zero-order valence-electron chi connectivity index (χ0n) is 10.9. The molecule has 0 fully saturated rings. The Labute approximate surface area is 103 Å². The summed E-state index contributed by atoms with van der Waals surface area (Å²) in [6.45, 7) is 7.64. The third-order valence-corrected chi connectivity index (χ3v) is 3.04. The largest absolute Gasteiger partial charge is 0.464 e. The first-order valence-corrected chi connectivity index (χ1v) is 6.42. The van der Waals surface area contributed by atoms with Gasteiger partial charge in [0.1, 0.15) is 5.58 Å². The van der Waals surface area contributed by atoms with Gasteiger partial charge < -0.3 is 9.73 Å². The Bertz CT molecular complexity index is 472. The van der Waals surface area contributed by atoms with Crippen molar-refractivity contribution in [2.75, 3.05) is 6.54 Å². The highest BCUT2D eigenvalue weighted by Crippen LogP contribution is 2.29. The highest BCUT2D eigenvalue weighted by atomic mass is 16.3. The summed E-state index contributed by atoms with van der Waals surface area (Å²) < 4.78 is 5.62. The maximum Gasteiger partial charge on any atom is 0.134 e. The number of hydrogen-bond donors (Lipinski definition) is 1. The van der Waals surface area contributed by atoms with Crippen LogP contribution in [0.5, 0.6) is 0 Å². The second-order valence-corrected chi connectivity index (χ2v) is 4.93. The Morgan fingerprint density at radius 3 is 2.71 bits per heavy atom. The molecule has 2 rings (SSSR count). The average molecular weight is 231 g/mol. The molecule has 1 aromatic heterocycles. The van der Waals surface area contributed by atoms with Crippen molar-refractivity contribution in [3.8, 4) is 0 Å². The summed E-state index contributed by atoms with van der Waals surface area (Å²) in [5.74, 6) is 0.674. The van der Waals surface area contributed by atoms with Gasteiger partial charge in [0.15, 0.2) is 0 Å². The fourth-order valence-electron chi connectivity index (χ4n) is 2.31. The lowest BCUT2D eigenvalue weighted by Gasteiger charge is -2.19. The second-order valence-electron chi connectivity index (χ2n) is 4.93. The summed E-state index contributed by atoms with van der Waals surface area (Å²) in [6.07, 6.45) is 3.04. The second kappa shape index (κ2) is 5.37. The summed E-state index contributed by atoms with van der Waals surface area (Å²) in [6, 6.07) is 8.64. The van der Waals surface area contributed by atoms with Crippen molar-refractivity contribution in [2.45, 2.75) is 33.2 Å². The molecule has 0 aliphatic carbocycles. The lowest BCUT2D eigenvalue weighted by Crippen LogP contribution is -2.22. The van der Waals surface area contributed by atoms with Crippen LogP contribution in [-0.4, -0.2) is 6.54 Å². The first-order chi connectivity index (χ1) is 8.22. The van der Waals surface area contributed by atoms with E-state index in [9.17, 15) is 0 Å². The topological polar surface area (TPSA) is 25.2 Å². The molecule has 0 saturated carbocycles. The quantitative estimate of drug-likeness (QED) is 0.837. The fourth-order valence-corrected chi connectivity index (χ4v) is 2.31. The highest BCUT2D eigenvalue weighted by molar-refractivity contribution is 5.81. The Kier molecular flexibility index (Phi) is 3.85. The molecule has 2 aromatic rings. The van der Waals surface area contributed by atoms with Crippen molar-refractivity contribution in [1.82, 2.24) is 5.32 Å². The van der Waals surface area contributed by atoms with E-state index >= 15 is 0 Å². The van der Waals surface area contributed by atoms with Crippen molar-refractivity contribution in [3.05, 3.63) is 36.1 Å². The van der Waals surface area contributed by atoms with Gasteiger partial charge in [-0.3, -0.25) is 0 Å². The van der Waals surface area contributed by atoms with Crippen LogP contribution in [0.3, 0.4) is 0 Å². The molecular formula is C15H21NO. The minimum absolute atomic E-state index is 0.392. The van der Waals surface area contributed by atoms with Crippen molar-refractivity contribution >= 4 is 11.0 Å². The summed E-state index contributed by atoms with van der Waals surface area (Å²) in [4.78, 5) is 0. The van der Waals surface area contributed by atoms with Gasteiger partial charge in [0.05, 0.1) is 6.26 Å². The van der Waals surface area contributed by atoms with E-state index in [-0.39, 0.29) is 0 Å². The predicted molar refractivity (Wildman–Crippen MR) is 72.1 cm³/mol. The van der Waals surface area contributed by atoms with Gasteiger partial charge in [-0.25, -0.2) is 0 Å². The average Bonchev–Trinajstić information content (AvgIpc) is 2.71. The maximum atomic E-state index is 5.62. The molecule has 1 N–H and O–H groups in total. The van der Waals surface area contributed by atoms with Crippen LogP contribution in [0.2, 0.25) is 0 Å². The van der Waals surface area contributed by atoms with Crippen LogP contribution in [0.1, 0.15) is 38.8 Å². The van der Waals surface area contributed by atoms with Crippen molar-refractivity contribution in [1.29, 1.82) is 0 Å². The number of furan rings is 1. The maximum absolute atomic E-state index is 5.62. The van der Waals surface area contributed by atoms with E-state index in [1.165, 1.54) is 10.9 Å². The van der Waals surface area contributed by atoms with Gasteiger partial charge in [0.2, 0.25) is 0 Å². The third-order valence-electron chi connectivity index (χ3n) is 3.04. The van der Waals surface area contributed by atoms with E-state index in [2.05, 4.69) is 38.2 Å². The van der Waals surface area contributed by atoms with Gasteiger partial charge in [-0.2, -0.15) is 0 Å². The van der Waals surface area contributed by atoms with Crippen LogP contribution in [0.15, 0.2) is 34.9 Å². The molecule has 1 heterocycles. The summed E-state index contributed by atoms with van der Waals surface area (Å²) >= 11 is 0. The van der Waals surface area contributed by atoms with E-state index in [4.69, 9.17) is 4.42 Å². The monoisotopic (exact) mass is 231 g/mol. The number of nitrogens with one attached hydrogen (secondary N) is 1. The fraction of sp³-hybridized carbons (Fsp3) is 0.467. The molecule has 0 radical (unpaired) electrons. The zero-order valence-corrected chi connectivity index (χ0v) is 10.9. The van der Waals surface area contributed by atoms with E-state index in [1.807, 2.05) is 18.4 Å². The highest BCUT2D eigenvalue weighted by Gasteiger charge is 2.17. The first-order valence-electron chi connectivity index (χ1n) is 6.42. The molecular weight excluding hydrogens is 210 g/mol. The standard InChI is InChI=1S/C15H21NO/c1-4-16-14(9-11(2)3)13-10-17-15-8-6-5-7-12(13)15/h5-8,10-11,14,16H,4,9H2,1-3H3. The van der Waals surface area contributed by atoms with E-state index in [0.29, 0.717) is 12.0 Å². The molecule has 17 heavy (non-hydrogen) atoms. The van der Waals surface area contributed by atoms with Crippen LogP contribution in [0, 0.1) is 5.92 Å². The third kappa shape index (κ3) is 2.70. The molecule has 2 nitrogen and oxygen atoms in total. The predicted octanol–water partition coefficient (Wildman–Crippen LogP) is 4.13. The summed E-state index contributed by atoms with van der Waals surface area (Å²) in [5.41, 5.74) is 2.27. The first kappa shape index (κ1) is 12.2. The van der Waals surface area contributed by atoms with Crippen molar-refractivity contribution in [2.24, 2.45) is 5.92 Å². The molecule has 1 aromatic carbocycles. The number of para-hydroxylation sites is 1. The van der Waals surface area contributed by atoms with Gasteiger partial charge in [-0.15, -0.1) is 0 Å². The van der Waals surface area contributed by atoms with Gasteiger partial charge in [-0.05, 0) is 24.9 Å². The van der Waals surface area contributed by atoms with Crippen molar-refractivity contribution < 1.29 is 4.42 Å². The number of rotatable bonds is 5. The summed E-state index contributed by atoms with van der Waals surface area (Å²) in [7, 11) is 0. The Hall–Kier alpha value is -1.28. The van der Waals surface area contributed by atoms with Crippen LogP contribution in [0.4, 0.5) is 0 Å². The molecule has 2 heteroatoms. The number of benzene rings is 1. The van der Waals surface area contributed by atoms with Gasteiger partial charge in [0.25, 0.3) is 0 Å². The Morgan fingerprint density at radius 2 is 2.00 bits per heavy atom. The minimum atomic E-state index is 0.392. The molecule has 92 valence electrons. The molecule has 0 spiro atoms. The van der Waals surface area contributed by atoms with Crippen LogP contribution in [0.25, 0.3) is 11.0 Å². The van der Waals surface area contributed by atoms with Crippen molar-refractivity contribution in [3.63, 3.8) is 0 Å². The van der Waals surface area contributed by atoms with Gasteiger partial charge >= 0.3 is 0 Å². The molecule has 0 saturated heterocycles. The normalized spacial score (nSPS) is 13.4. The Morgan fingerprint density at radius 1 is 1.24 bits per heavy atom. The van der Waals surface area contributed by atoms with E-state index in [0.717, 1.165) is 18.5 Å².